The third-order valence-corrected chi connectivity index (χ3v) is 4.56. The normalized spacial score (nSPS) is 13.9. The topological polar surface area (TPSA) is 111 Å². The quantitative estimate of drug-likeness (QED) is 0.597. The fourth-order valence-corrected chi connectivity index (χ4v) is 3.20. The standard InChI is InChI=1S/C17H13F2N5O3S/c18-17(19)26-11-2-1-10(6-12(11)27-17)24-16(25)14-15(23-8-28-14)22-7-9-3-4-21-13(20)5-9/h1-6,8,22H,7H2,(H2,20,21)(H,24,25). The Morgan fingerprint density at radius 1 is 1.18 bits per heavy atom. The zero-order valence-electron chi connectivity index (χ0n) is 14.1. The number of aromatic nitrogens is 2. The number of nitrogens with zero attached hydrogens (tertiary/aromatic N) is 2. The molecule has 0 spiro atoms. The number of nitrogen functional groups attached to an aromatic ring is 1. The van der Waals surface area contributed by atoms with Crippen LogP contribution < -0.4 is 25.8 Å². The molecule has 1 aliphatic rings. The summed E-state index contributed by atoms with van der Waals surface area (Å²) >= 11 is 1.14. The highest BCUT2D eigenvalue weighted by atomic mass is 32.1. The molecule has 3 heterocycles. The lowest BCUT2D eigenvalue weighted by molar-refractivity contribution is -0.286. The number of carbonyl (C=O) groups is 1. The third kappa shape index (κ3) is 3.78. The number of pyridine rings is 1. The number of nitrogens with one attached hydrogen (secondary N) is 2. The minimum atomic E-state index is -3.71. The first-order valence-corrected chi connectivity index (χ1v) is 8.86. The van der Waals surface area contributed by atoms with Crippen molar-refractivity contribution in [3.63, 3.8) is 0 Å². The molecule has 11 heteroatoms. The van der Waals surface area contributed by atoms with Gasteiger partial charge < -0.3 is 25.8 Å². The first-order chi connectivity index (χ1) is 13.4. The second kappa shape index (κ2) is 6.93. The summed E-state index contributed by atoms with van der Waals surface area (Å²) < 4.78 is 34.9. The van der Waals surface area contributed by atoms with E-state index in [1.54, 1.807) is 18.3 Å². The molecule has 1 aromatic carbocycles. The molecule has 2 aromatic heterocycles. The molecule has 0 atom stereocenters. The van der Waals surface area contributed by atoms with Crippen molar-refractivity contribution in [3.05, 3.63) is 52.5 Å². The van der Waals surface area contributed by atoms with E-state index in [4.69, 9.17) is 5.73 Å². The van der Waals surface area contributed by atoms with Crippen molar-refractivity contribution in [2.45, 2.75) is 12.8 Å². The fraction of sp³-hybridized carbons (Fsp3) is 0.118. The maximum Gasteiger partial charge on any atom is 0.586 e. The number of thiazole rings is 1. The molecule has 3 aromatic rings. The van der Waals surface area contributed by atoms with Gasteiger partial charge in [-0.25, -0.2) is 9.97 Å². The zero-order valence-corrected chi connectivity index (χ0v) is 14.9. The molecular weight excluding hydrogens is 392 g/mol. The number of ether oxygens (including phenoxy) is 2. The molecule has 28 heavy (non-hydrogen) atoms. The van der Waals surface area contributed by atoms with Gasteiger partial charge in [-0.15, -0.1) is 20.1 Å². The molecule has 4 N–H and O–H groups in total. The number of hydrogen-bond acceptors (Lipinski definition) is 8. The van der Waals surface area contributed by atoms with Crippen molar-refractivity contribution in [1.82, 2.24) is 9.97 Å². The molecule has 8 nitrogen and oxygen atoms in total. The minimum absolute atomic E-state index is 0.0974. The van der Waals surface area contributed by atoms with Crippen molar-refractivity contribution < 1.29 is 23.0 Å². The van der Waals surface area contributed by atoms with Crippen molar-refractivity contribution >= 4 is 34.6 Å². The van der Waals surface area contributed by atoms with Crippen LogP contribution in [0, 0.1) is 0 Å². The van der Waals surface area contributed by atoms with Crippen LogP contribution in [0.2, 0.25) is 0 Å². The second-order valence-electron chi connectivity index (χ2n) is 5.76. The van der Waals surface area contributed by atoms with Gasteiger partial charge in [-0.2, -0.15) is 0 Å². The Balaban J connectivity index is 1.44. The summed E-state index contributed by atoms with van der Waals surface area (Å²) in [5.74, 6) is 0.0967. The van der Waals surface area contributed by atoms with Crippen molar-refractivity contribution in [1.29, 1.82) is 0 Å². The average molecular weight is 405 g/mol. The van der Waals surface area contributed by atoms with Crippen LogP contribution in [-0.2, 0) is 6.54 Å². The number of nitrogens with two attached hydrogens (primary N) is 1. The Morgan fingerprint density at radius 3 is 2.82 bits per heavy atom. The number of halogens is 2. The van der Waals surface area contributed by atoms with E-state index < -0.39 is 12.2 Å². The van der Waals surface area contributed by atoms with E-state index in [-0.39, 0.29) is 17.2 Å². The predicted octanol–water partition coefficient (Wildman–Crippen LogP) is 3.31. The number of hydrogen-bond donors (Lipinski definition) is 3. The van der Waals surface area contributed by atoms with Crippen LogP contribution in [0.15, 0.2) is 42.0 Å². The molecule has 0 bridgehead atoms. The van der Waals surface area contributed by atoms with Gasteiger partial charge in [-0.3, -0.25) is 4.79 Å². The summed E-state index contributed by atoms with van der Waals surface area (Å²) in [6, 6.07) is 7.50. The number of fused-ring (bicyclic) bond motifs is 1. The molecule has 0 aliphatic carbocycles. The van der Waals surface area contributed by atoms with Gasteiger partial charge in [0.15, 0.2) is 11.5 Å². The maximum atomic E-state index is 13.1. The molecular formula is C17H13F2N5O3S. The SMILES string of the molecule is Nc1cc(CNc2ncsc2C(=O)Nc2ccc3c(c2)OC(F)(F)O3)ccn1. The van der Waals surface area contributed by atoms with Crippen LogP contribution in [0.3, 0.4) is 0 Å². The lowest BCUT2D eigenvalue weighted by Crippen LogP contribution is -2.25. The molecule has 0 saturated carbocycles. The summed E-state index contributed by atoms with van der Waals surface area (Å²) in [6.07, 6.45) is -2.12. The van der Waals surface area contributed by atoms with Crippen LogP contribution in [0.5, 0.6) is 11.5 Å². The number of rotatable bonds is 5. The van der Waals surface area contributed by atoms with E-state index >= 15 is 0 Å². The molecule has 0 radical (unpaired) electrons. The van der Waals surface area contributed by atoms with Gasteiger partial charge in [0.25, 0.3) is 5.91 Å². The number of alkyl halides is 2. The van der Waals surface area contributed by atoms with Crippen LogP contribution in [-0.4, -0.2) is 22.2 Å². The number of benzene rings is 1. The fourth-order valence-electron chi connectivity index (χ4n) is 2.54. The summed E-state index contributed by atoms with van der Waals surface area (Å²) in [5.41, 5.74) is 8.33. The Labute approximate surface area is 161 Å². The largest absolute Gasteiger partial charge is 0.586 e. The van der Waals surface area contributed by atoms with Gasteiger partial charge in [0.05, 0.1) is 5.51 Å². The minimum Gasteiger partial charge on any atom is -0.395 e. The molecule has 0 saturated heterocycles. The summed E-state index contributed by atoms with van der Waals surface area (Å²) in [5, 5.41) is 5.70. The lowest BCUT2D eigenvalue weighted by atomic mass is 10.2. The summed E-state index contributed by atoms with van der Waals surface area (Å²) in [4.78, 5) is 21.0. The smallest absolute Gasteiger partial charge is 0.395 e. The first-order valence-electron chi connectivity index (χ1n) is 7.99. The number of anilines is 3. The second-order valence-corrected chi connectivity index (χ2v) is 6.61. The molecule has 1 aliphatic heterocycles. The van der Waals surface area contributed by atoms with Crippen LogP contribution in [0.1, 0.15) is 15.2 Å². The van der Waals surface area contributed by atoms with E-state index in [0.717, 1.165) is 16.9 Å². The molecule has 1 amide bonds. The number of amides is 1. The zero-order chi connectivity index (χ0) is 19.7. The maximum absolute atomic E-state index is 13.1. The van der Waals surface area contributed by atoms with E-state index in [9.17, 15) is 13.6 Å². The monoisotopic (exact) mass is 405 g/mol. The van der Waals surface area contributed by atoms with Gasteiger partial charge in [0, 0.05) is 24.5 Å². The Bertz CT molecular complexity index is 1040. The highest BCUT2D eigenvalue weighted by Crippen LogP contribution is 2.42. The Morgan fingerprint density at radius 2 is 2.00 bits per heavy atom. The average Bonchev–Trinajstić information content (AvgIpc) is 3.22. The number of carbonyl (C=O) groups excluding carboxylic acids is 1. The summed E-state index contributed by atoms with van der Waals surface area (Å²) in [7, 11) is 0. The van der Waals surface area contributed by atoms with Gasteiger partial charge >= 0.3 is 6.29 Å². The molecule has 4 rings (SSSR count). The van der Waals surface area contributed by atoms with Gasteiger partial charge in [0.1, 0.15) is 16.5 Å². The van der Waals surface area contributed by atoms with Crippen LogP contribution in [0.25, 0.3) is 0 Å². The molecule has 0 fully saturated rings. The van der Waals surface area contributed by atoms with Crippen molar-refractivity contribution in [2.75, 3.05) is 16.4 Å². The molecule has 144 valence electrons. The Hall–Kier alpha value is -3.47. The first kappa shape index (κ1) is 17.9. The molecule has 0 unspecified atom stereocenters. The third-order valence-electron chi connectivity index (χ3n) is 3.74. The highest BCUT2D eigenvalue weighted by molar-refractivity contribution is 7.12. The van der Waals surface area contributed by atoms with E-state index in [1.807, 2.05) is 0 Å². The van der Waals surface area contributed by atoms with Crippen molar-refractivity contribution in [3.8, 4) is 11.5 Å². The van der Waals surface area contributed by atoms with E-state index in [0.29, 0.717) is 23.1 Å². The van der Waals surface area contributed by atoms with E-state index in [2.05, 4.69) is 30.1 Å². The van der Waals surface area contributed by atoms with Crippen LogP contribution in [0.4, 0.5) is 26.1 Å². The van der Waals surface area contributed by atoms with Gasteiger partial charge in [0.2, 0.25) is 0 Å². The predicted molar refractivity (Wildman–Crippen MR) is 98.7 cm³/mol. The van der Waals surface area contributed by atoms with Gasteiger partial charge in [-0.1, -0.05) is 0 Å². The van der Waals surface area contributed by atoms with Crippen LogP contribution >= 0.6 is 11.3 Å². The van der Waals surface area contributed by atoms with Gasteiger partial charge in [-0.05, 0) is 29.8 Å². The van der Waals surface area contributed by atoms with Crippen molar-refractivity contribution in [2.24, 2.45) is 0 Å². The van der Waals surface area contributed by atoms with E-state index in [1.165, 1.54) is 23.7 Å². The Kier molecular flexibility index (Phi) is 4.43. The summed E-state index contributed by atoms with van der Waals surface area (Å²) in [6.45, 7) is 0.399. The highest BCUT2D eigenvalue weighted by Gasteiger charge is 2.43. The lowest BCUT2D eigenvalue weighted by Gasteiger charge is -2.08.